The number of ether oxygens (including phenoxy) is 2. The molecule has 3 rings (SSSR count). The van der Waals surface area contributed by atoms with Gasteiger partial charge >= 0.3 is 0 Å². The zero-order valence-electron chi connectivity index (χ0n) is 17.7. The van der Waals surface area contributed by atoms with E-state index in [9.17, 15) is 10.1 Å². The van der Waals surface area contributed by atoms with Crippen molar-refractivity contribution in [2.75, 3.05) is 19.5 Å². The first-order chi connectivity index (χ1) is 13.8. The number of carbonyl (C=O) groups excluding carboxylic acids is 1. The Morgan fingerprint density at radius 1 is 1.31 bits per heavy atom. The Hall–Kier alpha value is -2.52. The molecule has 2 aromatic rings. The first-order valence-corrected chi connectivity index (χ1v) is 10.7. The van der Waals surface area contributed by atoms with Crippen molar-refractivity contribution in [3.05, 3.63) is 39.8 Å². The fraction of sp³-hybridized carbons (Fsp3) is 0.478. The number of nitrogens with one attached hydrogen (secondary N) is 1. The van der Waals surface area contributed by atoms with E-state index in [-0.39, 0.29) is 11.3 Å². The van der Waals surface area contributed by atoms with Crippen LogP contribution in [-0.2, 0) is 12.8 Å². The van der Waals surface area contributed by atoms with Crippen LogP contribution in [0.4, 0.5) is 5.00 Å². The van der Waals surface area contributed by atoms with Crippen molar-refractivity contribution in [3.8, 4) is 17.6 Å². The Morgan fingerprint density at radius 2 is 2.03 bits per heavy atom. The second-order valence-corrected chi connectivity index (χ2v) is 9.23. The predicted molar refractivity (Wildman–Crippen MR) is 116 cm³/mol. The molecule has 5 nitrogen and oxygen atoms in total. The van der Waals surface area contributed by atoms with E-state index >= 15 is 0 Å². The predicted octanol–water partition coefficient (Wildman–Crippen LogP) is 5.43. The average Bonchev–Trinajstić information content (AvgIpc) is 3.08. The number of nitrogens with zero attached hydrogens (tertiary/aromatic N) is 1. The number of hydrogen-bond donors (Lipinski definition) is 1. The van der Waals surface area contributed by atoms with E-state index in [0.717, 1.165) is 31.2 Å². The number of nitriles is 1. The summed E-state index contributed by atoms with van der Waals surface area (Å²) in [6, 6.07) is 7.36. The highest BCUT2D eigenvalue weighted by Crippen LogP contribution is 2.45. The number of thiophene rings is 1. The maximum atomic E-state index is 12.8. The van der Waals surface area contributed by atoms with Crippen LogP contribution < -0.4 is 14.8 Å². The maximum absolute atomic E-state index is 12.8. The molecular formula is C23H28N2O3S. The Morgan fingerprint density at radius 3 is 2.66 bits per heavy atom. The van der Waals surface area contributed by atoms with Gasteiger partial charge < -0.3 is 14.8 Å². The van der Waals surface area contributed by atoms with Gasteiger partial charge in [0.1, 0.15) is 11.1 Å². The quantitative estimate of drug-likeness (QED) is 0.687. The molecule has 0 saturated heterocycles. The van der Waals surface area contributed by atoms with Gasteiger partial charge in [0.25, 0.3) is 5.91 Å². The highest BCUT2D eigenvalue weighted by molar-refractivity contribution is 7.16. The molecule has 1 aliphatic rings. The summed E-state index contributed by atoms with van der Waals surface area (Å²) in [6.45, 7) is 6.88. The Bertz CT molecular complexity index is 956. The van der Waals surface area contributed by atoms with Gasteiger partial charge in [-0.05, 0) is 54.4 Å². The second kappa shape index (κ2) is 8.46. The van der Waals surface area contributed by atoms with Gasteiger partial charge in [-0.25, -0.2) is 0 Å². The van der Waals surface area contributed by atoms with Gasteiger partial charge in [-0.2, -0.15) is 5.26 Å². The molecule has 1 heterocycles. The van der Waals surface area contributed by atoms with Crippen LogP contribution in [0, 0.1) is 22.7 Å². The summed E-state index contributed by atoms with van der Waals surface area (Å²) in [6.07, 6.45) is 4.09. The van der Waals surface area contributed by atoms with Crippen molar-refractivity contribution < 1.29 is 14.3 Å². The molecule has 6 heteroatoms. The van der Waals surface area contributed by atoms with Gasteiger partial charge in [0.05, 0.1) is 19.8 Å². The van der Waals surface area contributed by atoms with Gasteiger partial charge in [-0.1, -0.05) is 27.2 Å². The first-order valence-electron chi connectivity index (χ1n) is 9.92. The molecule has 1 unspecified atom stereocenters. The highest BCUT2D eigenvalue weighted by atomic mass is 32.1. The van der Waals surface area contributed by atoms with Crippen molar-refractivity contribution in [1.29, 1.82) is 5.26 Å². The van der Waals surface area contributed by atoms with Crippen molar-refractivity contribution in [2.24, 2.45) is 11.3 Å². The van der Waals surface area contributed by atoms with Crippen LogP contribution in [0.25, 0.3) is 0 Å². The zero-order valence-corrected chi connectivity index (χ0v) is 18.5. The minimum Gasteiger partial charge on any atom is -0.493 e. The SMILES string of the molecule is CCC(C)(C)C1CCc2c(sc(NC(=O)c3ccc(OC)c(OC)c3)c2C#N)C1. The number of methoxy groups -OCH3 is 2. The largest absolute Gasteiger partial charge is 0.493 e. The third kappa shape index (κ3) is 4.11. The Kier molecular flexibility index (Phi) is 6.18. The van der Waals surface area contributed by atoms with Crippen molar-refractivity contribution in [2.45, 2.75) is 46.5 Å². The standard InChI is InChI=1S/C23H28N2O3S/c1-6-23(2,3)15-8-9-16-17(13-24)22(29-20(16)12-15)25-21(26)14-7-10-18(27-4)19(11-14)28-5/h7,10-11,15H,6,8-9,12H2,1-5H3,(H,25,26). The van der Waals surface area contributed by atoms with Crippen LogP contribution in [0.15, 0.2) is 18.2 Å². The van der Waals surface area contributed by atoms with E-state index < -0.39 is 0 Å². The molecule has 0 aliphatic heterocycles. The van der Waals surface area contributed by atoms with E-state index in [1.54, 1.807) is 36.6 Å². The van der Waals surface area contributed by atoms with Gasteiger partial charge in [0.2, 0.25) is 0 Å². The minimum absolute atomic E-state index is 0.258. The molecule has 1 aliphatic carbocycles. The van der Waals surface area contributed by atoms with Crippen LogP contribution in [0.1, 0.15) is 60.0 Å². The molecule has 154 valence electrons. The summed E-state index contributed by atoms with van der Waals surface area (Å²) in [5.41, 5.74) is 2.47. The van der Waals surface area contributed by atoms with Gasteiger partial charge in [-0.15, -0.1) is 11.3 Å². The lowest BCUT2D eigenvalue weighted by Crippen LogP contribution is -2.28. The summed E-state index contributed by atoms with van der Waals surface area (Å²) in [5.74, 6) is 1.40. The van der Waals surface area contributed by atoms with Crippen LogP contribution >= 0.6 is 11.3 Å². The third-order valence-electron chi connectivity index (χ3n) is 6.27. The number of benzene rings is 1. The first kappa shape index (κ1) is 21.2. The monoisotopic (exact) mass is 412 g/mol. The van der Waals surface area contributed by atoms with Crippen LogP contribution in [0.3, 0.4) is 0 Å². The number of fused-ring (bicyclic) bond motifs is 1. The molecule has 1 amide bonds. The summed E-state index contributed by atoms with van der Waals surface area (Å²) in [4.78, 5) is 14.1. The fourth-order valence-corrected chi connectivity index (χ4v) is 5.17. The summed E-state index contributed by atoms with van der Waals surface area (Å²) >= 11 is 1.55. The van der Waals surface area contributed by atoms with Gasteiger partial charge in [0, 0.05) is 10.4 Å². The molecule has 1 atom stereocenters. The second-order valence-electron chi connectivity index (χ2n) is 8.13. The van der Waals surface area contributed by atoms with E-state index in [1.165, 1.54) is 12.0 Å². The molecule has 0 radical (unpaired) electrons. The maximum Gasteiger partial charge on any atom is 0.256 e. The lowest BCUT2D eigenvalue weighted by atomic mass is 9.69. The molecule has 0 fully saturated rings. The fourth-order valence-electron chi connectivity index (χ4n) is 3.90. The van der Waals surface area contributed by atoms with Crippen molar-refractivity contribution in [3.63, 3.8) is 0 Å². The molecule has 1 aromatic carbocycles. The van der Waals surface area contributed by atoms with E-state index in [4.69, 9.17) is 9.47 Å². The van der Waals surface area contributed by atoms with Crippen LogP contribution in [0.2, 0.25) is 0 Å². The molecule has 1 aromatic heterocycles. The zero-order chi connectivity index (χ0) is 21.2. The Labute approximate surface area is 176 Å². The smallest absolute Gasteiger partial charge is 0.256 e. The number of carbonyl (C=O) groups is 1. The molecule has 0 bridgehead atoms. The topological polar surface area (TPSA) is 71.3 Å². The molecular weight excluding hydrogens is 384 g/mol. The van der Waals surface area contributed by atoms with E-state index in [2.05, 4.69) is 32.2 Å². The summed E-state index contributed by atoms with van der Waals surface area (Å²) in [7, 11) is 3.09. The number of anilines is 1. The molecule has 1 N–H and O–H groups in total. The lowest BCUT2D eigenvalue weighted by Gasteiger charge is -2.36. The number of amides is 1. The summed E-state index contributed by atoms with van der Waals surface area (Å²) < 4.78 is 10.5. The van der Waals surface area contributed by atoms with Gasteiger partial charge in [0.15, 0.2) is 11.5 Å². The number of rotatable bonds is 6. The van der Waals surface area contributed by atoms with Crippen molar-refractivity contribution >= 4 is 22.2 Å². The number of hydrogen-bond acceptors (Lipinski definition) is 5. The Balaban J connectivity index is 1.86. The van der Waals surface area contributed by atoms with Gasteiger partial charge in [-0.3, -0.25) is 4.79 Å². The van der Waals surface area contributed by atoms with Crippen LogP contribution in [-0.4, -0.2) is 20.1 Å². The van der Waals surface area contributed by atoms with E-state index in [0.29, 0.717) is 33.5 Å². The normalized spacial score (nSPS) is 15.9. The average molecular weight is 413 g/mol. The van der Waals surface area contributed by atoms with E-state index in [1.807, 2.05) is 0 Å². The minimum atomic E-state index is -0.258. The van der Waals surface area contributed by atoms with Crippen molar-refractivity contribution in [1.82, 2.24) is 0 Å². The summed E-state index contributed by atoms with van der Waals surface area (Å²) in [5, 5.41) is 13.3. The third-order valence-corrected chi connectivity index (χ3v) is 7.44. The van der Waals surface area contributed by atoms with Crippen LogP contribution in [0.5, 0.6) is 11.5 Å². The highest BCUT2D eigenvalue weighted by Gasteiger charge is 2.34. The molecule has 0 saturated carbocycles. The molecule has 29 heavy (non-hydrogen) atoms. The lowest BCUT2D eigenvalue weighted by molar-refractivity contribution is 0.102. The molecule has 0 spiro atoms.